The first-order valence-electron chi connectivity index (χ1n) is 8.58. The number of nitrogens with one attached hydrogen (secondary N) is 2. The second-order valence-corrected chi connectivity index (χ2v) is 7.47. The zero-order valence-corrected chi connectivity index (χ0v) is 12.8. The SMILES string of the molecule is CCCc1cc(NC(=O)C2C3CC4CC(C3)CC2C4)n[nH]1. The van der Waals surface area contributed by atoms with Gasteiger partial charge in [0.25, 0.3) is 0 Å². The number of carbonyl (C=O) groups is 1. The van der Waals surface area contributed by atoms with Crippen molar-refractivity contribution in [3.63, 3.8) is 0 Å². The van der Waals surface area contributed by atoms with Crippen LogP contribution in [-0.4, -0.2) is 16.1 Å². The van der Waals surface area contributed by atoms with E-state index in [9.17, 15) is 4.79 Å². The summed E-state index contributed by atoms with van der Waals surface area (Å²) in [5.41, 5.74) is 1.11. The number of hydrogen-bond donors (Lipinski definition) is 2. The first-order chi connectivity index (χ1) is 10.2. The number of hydrogen-bond acceptors (Lipinski definition) is 2. The smallest absolute Gasteiger partial charge is 0.229 e. The van der Waals surface area contributed by atoms with Crippen LogP contribution >= 0.6 is 0 Å². The van der Waals surface area contributed by atoms with Gasteiger partial charge in [-0.15, -0.1) is 0 Å². The largest absolute Gasteiger partial charge is 0.309 e. The molecule has 4 aliphatic rings. The van der Waals surface area contributed by atoms with Crippen LogP contribution in [0.5, 0.6) is 0 Å². The highest BCUT2D eigenvalue weighted by Gasteiger charge is 2.50. The third-order valence-corrected chi connectivity index (χ3v) is 5.93. The van der Waals surface area contributed by atoms with Crippen LogP contribution in [0.2, 0.25) is 0 Å². The second-order valence-electron chi connectivity index (χ2n) is 7.47. The van der Waals surface area contributed by atoms with Crippen LogP contribution in [0.4, 0.5) is 5.82 Å². The van der Waals surface area contributed by atoms with Gasteiger partial charge in [0.2, 0.25) is 5.91 Å². The molecule has 0 radical (unpaired) electrons. The van der Waals surface area contributed by atoms with Crippen molar-refractivity contribution >= 4 is 11.7 Å². The fourth-order valence-electron chi connectivity index (χ4n) is 5.39. The summed E-state index contributed by atoms with van der Waals surface area (Å²) in [5.74, 6) is 4.27. The predicted octanol–water partition coefficient (Wildman–Crippen LogP) is 3.37. The molecule has 5 rings (SSSR count). The summed E-state index contributed by atoms with van der Waals surface area (Å²) >= 11 is 0. The summed E-state index contributed by atoms with van der Waals surface area (Å²) < 4.78 is 0. The average Bonchev–Trinajstić information content (AvgIpc) is 2.85. The highest BCUT2D eigenvalue weighted by atomic mass is 16.2. The molecular formula is C17H25N3O. The van der Waals surface area contributed by atoms with Gasteiger partial charge in [0.1, 0.15) is 0 Å². The first-order valence-corrected chi connectivity index (χ1v) is 8.58. The fourth-order valence-corrected chi connectivity index (χ4v) is 5.39. The van der Waals surface area contributed by atoms with E-state index in [1.807, 2.05) is 6.07 Å². The Kier molecular flexibility index (Phi) is 3.27. The second kappa shape index (κ2) is 5.15. The lowest BCUT2D eigenvalue weighted by Gasteiger charge is -2.53. The number of H-pyrrole nitrogens is 1. The number of nitrogens with zero attached hydrogens (tertiary/aromatic N) is 1. The lowest BCUT2D eigenvalue weighted by molar-refractivity contribution is -0.132. The highest BCUT2D eigenvalue weighted by molar-refractivity contribution is 5.92. The van der Waals surface area contributed by atoms with Crippen molar-refractivity contribution in [2.75, 3.05) is 5.32 Å². The Hall–Kier alpha value is -1.32. The van der Waals surface area contributed by atoms with E-state index in [1.165, 1.54) is 32.1 Å². The molecule has 0 unspecified atom stereocenters. The minimum atomic E-state index is 0.221. The third kappa shape index (κ3) is 2.39. The normalized spacial score (nSPS) is 36.9. The van der Waals surface area contributed by atoms with Gasteiger partial charge in [-0.25, -0.2) is 0 Å². The molecule has 1 heterocycles. The van der Waals surface area contributed by atoms with Gasteiger partial charge in [-0.05, 0) is 62.2 Å². The number of amides is 1. The quantitative estimate of drug-likeness (QED) is 0.892. The molecule has 21 heavy (non-hydrogen) atoms. The van der Waals surface area contributed by atoms with Crippen molar-refractivity contribution in [1.29, 1.82) is 0 Å². The van der Waals surface area contributed by atoms with Gasteiger partial charge in [0, 0.05) is 17.7 Å². The Labute approximate surface area is 126 Å². The minimum absolute atomic E-state index is 0.221. The van der Waals surface area contributed by atoms with Crippen molar-refractivity contribution in [1.82, 2.24) is 10.2 Å². The minimum Gasteiger partial charge on any atom is -0.309 e. The standard InChI is InChI=1S/C17H25N3O/c1-2-3-14-9-15(20-19-14)18-17(21)16-12-5-10-4-11(7-12)8-13(16)6-10/h9-13,16H,2-8H2,1H3,(H2,18,19,20,21). The van der Waals surface area contributed by atoms with Crippen molar-refractivity contribution < 1.29 is 4.79 Å². The van der Waals surface area contributed by atoms with Gasteiger partial charge in [-0.1, -0.05) is 13.3 Å². The number of aryl methyl sites for hydroxylation is 1. The highest BCUT2D eigenvalue weighted by Crippen LogP contribution is 2.56. The first kappa shape index (κ1) is 13.4. The van der Waals surface area contributed by atoms with Crippen molar-refractivity contribution in [3.8, 4) is 0 Å². The molecule has 4 heteroatoms. The lowest BCUT2D eigenvalue weighted by Crippen LogP contribution is -2.49. The summed E-state index contributed by atoms with van der Waals surface area (Å²) in [6, 6.07) is 1.98. The predicted molar refractivity (Wildman–Crippen MR) is 81.7 cm³/mol. The van der Waals surface area contributed by atoms with E-state index in [4.69, 9.17) is 0 Å². The van der Waals surface area contributed by atoms with Gasteiger partial charge in [-0.2, -0.15) is 5.10 Å². The molecule has 1 aromatic heterocycles. The summed E-state index contributed by atoms with van der Waals surface area (Å²) in [4.78, 5) is 12.7. The van der Waals surface area contributed by atoms with Gasteiger partial charge in [0.05, 0.1) is 0 Å². The number of aromatic amines is 1. The zero-order valence-electron chi connectivity index (χ0n) is 12.8. The number of rotatable bonds is 4. The average molecular weight is 287 g/mol. The Morgan fingerprint density at radius 1 is 1.24 bits per heavy atom. The Bertz CT molecular complexity index is 508. The van der Waals surface area contributed by atoms with Gasteiger partial charge < -0.3 is 5.32 Å². The molecule has 4 aliphatic carbocycles. The maximum atomic E-state index is 12.7. The van der Waals surface area contributed by atoms with E-state index in [-0.39, 0.29) is 11.8 Å². The van der Waals surface area contributed by atoms with Crippen LogP contribution < -0.4 is 5.32 Å². The molecular weight excluding hydrogens is 262 g/mol. The van der Waals surface area contributed by atoms with Gasteiger partial charge >= 0.3 is 0 Å². The molecule has 0 aromatic carbocycles. The van der Waals surface area contributed by atoms with Crippen molar-refractivity contribution in [2.24, 2.45) is 29.6 Å². The van der Waals surface area contributed by atoms with Gasteiger partial charge in [0.15, 0.2) is 5.82 Å². The van der Waals surface area contributed by atoms with Crippen molar-refractivity contribution in [2.45, 2.75) is 51.9 Å². The molecule has 1 aromatic rings. The molecule has 1 amide bonds. The molecule has 4 bridgehead atoms. The van der Waals surface area contributed by atoms with Crippen LogP contribution in [0.1, 0.15) is 51.1 Å². The monoisotopic (exact) mass is 287 g/mol. The molecule has 0 spiro atoms. The fraction of sp³-hybridized carbons (Fsp3) is 0.765. The van der Waals surface area contributed by atoms with E-state index >= 15 is 0 Å². The summed E-state index contributed by atoms with van der Waals surface area (Å²) in [7, 11) is 0. The maximum absolute atomic E-state index is 12.7. The summed E-state index contributed by atoms with van der Waals surface area (Å²) in [5, 5.41) is 10.3. The topological polar surface area (TPSA) is 57.8 Å². The van der Waals surface area contributed by atoms with Crippen LogP contribution in [0.15, 0.2) is 6.07 Å². The number of carbonyl (C=O) groups excluding carboxylic acids is 1. The number of aromatic nitrogens is 2. The van der Waals surface area contributed by atoms with E-state index in [0.29, 0.717) is 17.7 Å². The molecule has 4 saturated carbocycles. The molecule has 0 saturated heterocycles. The number of anilines is 1. The van der Waals surface area contributed by atoms with Crippen LogP contribution in [0.3, 0.4) is 0 Å². The summed E-state index contributed by atoms with van der Waals surface area (Å²) in [6.07, 6.45) is 8.64. The van der Waals surface area contributed by atoms with Crippen LogP contribution in [0.25, 0.3) is 0 Å². The Balaban J connectivity index is 1.45. The zero-order chi connectivity index (χ0) is 14.4. The van der Waals surface area contributed by atoms with Crippen molar-refractivity contribution in [3.05, 3.63) is 11.8 Å². The summed E-state index contributed by atoms with van der Waals surface area (Å²) in [6.45, 7) is 2.15. The maximum Gasteiger partial charge on any atom is 0.229 e. The van der Waals surface area contributed by atoms with E-state index in [1.54, 1.807) is 0 Å². The molecule has 4 fully saturated rings. The lowest BCUT2D eigenvalue weighted by atomic mass is 9.51. The molecule has 0 aliphatic heterocycles. The third-order valence-electron chi connectivity index (χ3n) is 5.93. The Morgan fingerprint density at radius 2 is 1.90 bits per heavy atom. The van der Waals surface area contributed by atoms with Gasteiger partial charge in [-0.3, -0.25) is 9.89 Å². The van der Waals surface area contributed by atoms with E-state index in [2.05, 4.69) is 22.4 Å². The van der Waals surface area contributed by atoms with E-state index in [0.717, 1.165) is 30.4 Å². The molecule has 2 N–H and O–H groups in total. The van der Waals surface area contributed by atoms with E-state index < -0.39 is 0 Å². The Morgan fingerprint density at radius 3 is 2.52 bits per heavy atom. The molecule has 114 valence electrons. The van der Waals surface area contributed by atoms with Crippen LogP contribution in [0, 0.1) is 29.6 Å². The van der Waals surface area contributed by atoms with Crippen LogP contribution in [-0.2, 0) is 11.2 Å². The molecule has 4 nitrogen and oxygen atoms in total. The molecule has 0 atom stereocenters.